The monoisotopic (exact) mass is 312 g/mol. The van der Waals surface area contributed by atoms with Gasteiger partial charge in [-0.25, -0.2) is 4.21 Å². The van der Waals surface area contributed by atoms with E-state index in [-0.39, 0.29) is 0 Å². The van der Waals surface area contributed by atoms with E-state index in [4.69, 9.17) is 11.6 Å². The third kappa shape index (κ3) is 3.54. The first-order chi connectivity index (χ1) is 8.88. The van der Waals surface area contributed by atoms with Crippen molar-refractivity contribution >= 4 is 31.6 Å². The van der Waals surface area contributed by atoms with Crippen LogP contribution in [0.25, 0.3) is 0 Å². The van der Waals surface area contributed by atoms with Crippen molar-refractivity contribution in [1.29, 1.82) is 0 Å². The molecule has 2 nitrogen and oxygen atoms in total. The summed E-state index contributed by atoms with van der Waals surface area (Å²) < 4.78 is 21.4. The van der Waals surface area contributed by atoms with Gasteiger partial charge in [-0.3, -0.25) is 0 Å². The molecule has 1 N–H and O–H groups in total. The van der Waals surface area contributed by atoms with Crippen molar-refractivity contribution < 1.29 is 8.76 Å². The molecule has 2 aromatic rings. The Morgan fingerprint density at radius 3 is 2.53 bits per heavy atom. The van der Waals surface area contributed by atoms with Gasteiger partial charge in [-0.15, -0.1) is 0 Å². The van der Waals surface area contributed by atoms with Gasteiger partial charge < -0.3 is 4.55 Å². The van der Waals surface area contributed by atoms with Crippen LogP contribution in [0.5, 0.6) is 0 Å². The largest absolute Gasteiger partial charge is 0.302 e. The van der Waals surface area contributed by atoms with Gasteiger partial charge in [0.2, 0.25) is 0 Å². The van der Waals surface area contributed by atoms with Crippen molar-refractivity contribution in [3.63, 3.8) is 0 Å². The van der Waals surface area contributed by atoms with Crippen molar-refractivity contribution in [3.05, 3.63) is 64.2 Å². The van der Waals surface area contributed by atoms with Crippen LogP contribution in [0.4, 0.5) is 0 Å². The van der Waals surface area contributed by atoms with E-state index in [1.807, 2.05) is 31.2 Å². The molecule has 1 unspecified atom stereocenters. The molecule has 0 amide bonds. The van der Waals surface area contributed by atoms with Crippen LogP contribution >= 0.6 is 11.6 Å². The minimum absolute atomic E-state index is 0.299. The molecule has 0 aliphatic carbocycles. The highest BCUT2D eigenvalue weighted by molar-refractivity contribution is 8.29. The maximum atomic E-state index is 11.7. The highest BCUT2D eigenvalue weighted by atomic mass is 35.5. The van der Waals surface area contributed by atoms with Crippen LogP contribution in [0, 0.1) is 6.92 Å². The minimum Gasteiger partial charge on any atom is -0.302 e. The lowest BCUT2D eigenvalue weighted by Gasteiger charge is -2.11. The lowest BCUT2D eigenvalue weighted by molar-refractivity contribution is 0.560. The Morgan fingerprint density at radius 1 is 1.21 bits per heavy atom. The standard InChI is InChI=1S/C14H13ClO2S2/c1-10-6-7-14(19(16,17)18)12(8-10)9-11-4-2-3-5-13(11)15/h2-8H,9H2,1H3,(H,16,17,18). The highest BCUT2D eigenvalue weighted by Gasteiger charge is 2.13. The quantitative estimate of drug-likeness (QED) is 0.936. The van der Waals surface area contributed by atoms with E-state index in [9.17, 15) is 8.76 Å². The van der Waals surface area contributed by atoms with Gasteiger partial charge in [-0.1, -0.05) is 47.5 Å². The third-order valence-corrected chi connectivity index (χ3v) is 4.69. The third-order valence-electron chi connectivity index (χ3n) is 2.83. The Morgan fingerprint density at radius 2 is 1.89 bits per heavy atom. The Hall–Kier alpha value is -0.940. The molecule has 0 radical (unpaired) electrons. The van der Waals surface area contributed by atoms with Crippen molar-refractivity contribution in [2.75, 3.05) is 0 Å². The lowest BCUT2D eigenvalue weighted by Crippen LogP contribution is -2.03. The van der Waals surface area contributed by atoms with Crippen molar-refractivity contribution in [3.8, 4) is 0 Å². The predicted molar refractivity (Wildman–Crippen MR) is 81.8 cm³/mol. The van der Waals surface area contributed by atoms with Crippen LogP contribution in [-0.4, -0.2) is 8.76 Å². The molecule has 1 atom stereocenters. The molecular weight excluding hydrogens is 300 g/mol. The molecule has 0 heterocycles. The highest BCUT2D eigenvalue weighted by Crippen LogP contribution is 2.24. The van der Waals surface area contributed by atoms with Crippen molar-refractivity contribution in [2.45, 2.75) is 18.2 Å². The van der Waals surface area contributed by atoms with Gasteiger partial charge >= 0.3 is 0 Å². The summed E-state index contributed by atoms with van der Waals surface area (Å²) in [6.45, 7) is 1.93. The smallest absolute Gasteiger partial charge is 0.171 e. The summed E-state index contributed by atoms with van der Waals surface area (Å²) in [6, 6.07) is 12.7. The second-order valence-corrected chi connectivity index (χ2v) is 7.51. The minimum atomic E-state index is -3.39. The molecule has 2 aromatic carbocycles. The molecule has 0 fully saturated rings. The van der Waals surface area contributed by atoms with Gasteiger partial charge in [0, 0.05) is 22.6 Å². The summed E-state index contributed by atoms with van der Waals surface area (Å²) in [7, 11) is -3.39. The number of hydrogen-bond donors (Lipinski definition) is 1. The zero-order valence-electron chi connectivity index (χ0n) is 10.3. The van der Waals surface area contributed by atoms with Crippen molar-refractivity contribution in [2.24, 2.45) is 0 Å². The van der Waals surface area contributed by atoms with E-state index in [0.717, 1.165) is 16.7 Å². The summed E-state index contributed by atoms with van der Waals surface area (Å²) in [4.78, 5) is 0.299. The zero-order chi connectivity index (χ0) is 14.0. The molecule has 0 aliphatic heterocycles. The van der Waals surface area contributed by atoms with E-state index >= 15 is 0 Å². The van der Waals surface area contributed by atoms with E-state index in [1.54, 1.807) is 18.2 Å². The van der Waals surface area contributed by atoms with Gasteiger partial charge in [-0.05, 0) is 30.2 Å². The van der Waals surface area contributed by atoms with Gasteiger partial charge in [0.25, 0.3) is 0 Å². The number of aryl methyl sites for hydroxylation is 1. The summed E-state index contributed by atoms with van der Waals surface area (Å²) in [6.07, 6.45) is 0.491. The summed E-state index contributed by atoms with van der Waals surface area (Å²) in [5, 5.41) is 0.642. The van der Waals surface area contributed by atoms with E-state index in [1.165, 1.54) is 0 Å². The first kappa shape index (κ1) is 14.5. The second kappa shape index (κ2) is 5.59. The molecule has 19 heavy (non-hydrogen) atoms. The molecule has 0 saturated carbocycles. The Labute approximate surface area is 122 Å². The maximum Gasteiger partial charge on any atom is 0.171 e. The fourth-order valence-corrected chi connectivity index (χ4v) is 3.34. The Bertz CT molecular complexity index is 709. The fourth-order valence-electron chi connectivity index (χ4n) is 1.94. The number of rotatable bonds is 3. The van der Waals surface area contributed by atoms with Gasteiger partial charge in [0.1, 0.15) is 0 Å². The molecule has 0 aromatic heterocycles. The molecule has 0 spiro atoms. The first-order valence-electron chi connectivity index (χ1n) is 5.68. The lowest BCUT2D eigenvalue weighted by atomic mass is 10.0. The summed E-state index contributed by atoms with van der Waals surface area (Å²) in [5.74, 6) is 0. The molecule has 2 rings (SSSR count). The van der Waals surface area contributed by atoms with E-state index in [2.05, 4.69) is 11.2 Å². The second-order valence-electron chi connectivity index (χ2n) is 4.35. The maximum absolute atomic E-state index is 11.7. The van der Waals surface area contributed by atoms with Crippen LogP contribution in [-0.2, 0) is 26.4 Å². The SMILES string of the molecule is Cc1ccc(S(=O)(O)=S)c(Cc2ccccc2Cl)c1. The number of hydrogen-bond acceptors (Lipinski definition) is 2. The van der Waals surface area contributed by atoms with Gasteiger partial charge in [-0.2, -0.15) is 0 Å². The Kier molecular flexibility index (Phi) is 4.26. The van der Waals surface area contributed by atoms with Crippen LogP contribution in [0.3, 0.4) is 0 Å². The summed E-state index contributed by atoms with van der Waals surface area (Å²) >= 11 is 10.8. The Balaban J connectivity index is 2.51. The van der Waals surface area contributed by atoms with Crippen LogP contribution in [0.2, 0.25) is 5.02 Å². The molecule has 5 heteroatoms. The topological polar surface area (TPSA) is 37.3 Å². The van der Waals surface area contributed by atoms with Gasteiger partial charge in [0.15, 0.2) is 8.77 Å². The average Bonchev–Trinajstić information content (AvgIpc) is 2.30. The fraction of sp³-hybridized carbons (Fsp3) is 0.143. The normalized spacial score (nSPS) is 14.1. The zero-order valence-corrected chi connectivity index (χ0v) is 12.7. The van der Waals surface area contributed by atoms with Crippen LogP contribution < -0.4 is 0 Å². The molecule has 100 valence electrons. The van der Waals surface area contributed by atoms with E-state index < -0.39 is 8.77 Å². The first-order valence-corrected chi connectivity index (χ1v) is 8.50. The number of benzene rings is 2. The molecule has 0 saturated heterocycles. The van der Waals surface area contributed by atoms with Crippen LogP contribution in [0.15, 0.2) is 47.4 Å². The van der Waals surface area contributed by atoms with Crippen LogP contribution in [0.1, 0.15) is 16.7 Å². The molecule has 0 aliphatic rings. The average molecular weight is 313 g/mol. The van der Waals surface area contributed by atoms with E-state index in [0.29, 0.717) is 16.3 Å². The number of halogens is 1. The summed E-state index contributed by atoms with van der Waals surface area (Å²) in [5.41, 5.74) is 2.68. The predicted octanol–water partition coefficient (Wildman–Crippen LogP) is 3.82. The molecular formula is C14H13ClO2S2. The molecule has 0 bridgehead atoms. The van der Waals surface area contributed by atoms with Crippen molar-refractivity contribution in [1.82, 2.24) is 0 Å². The van der Waals surface area contributed by atoms with Gasteiger partial charge in [0.05, 0.1) is 4.90 Å².